The van der Waals surface area contributed by atoms with Gasteiger partial charge in [0.25, 0.3) is 0 Å². The normalized spacial score (nSPS) is 12.8. The van der Waals surface area contributed by atoms with E-state index in [2.05, 4.69) is 4.74 Å². The van der Waals surface area contributed by atoms with Crippen LogP contribution in [0, 0.1) is 0 Å². The highest BCUT2D eigenvalue weighted by Gasteiger charge is 2.32. The van der Waals surface area contributed by atoms with Crippen molar-refractivity contribution in [2.45, 2.75) is 18.8 Å². The van der Waals surface area contributed by atoms with Gasteiger partial charge in [0, 0.05) is 0 Å². The fraction of sp³-hybridized carbons (Fsp3) is 0.333. The van der Waals surface area contributed by atoms with Gasteiger partial charge in [0.1, 0.15) is 6.61 Å². The van der Waals surface area contributed by atoms with Gasteiger partial charge in [0.15, 0.2) is 12.2 Å². The van der Waals surface area contributed by atoms with Gasteiger partial charge in [-0.25, -0.2) is 9.59 Å². The van der Waals surface area contributed by atoms with E-state index in [4.69, 9.17) is 4.74 Å². The minimum atomic E-state index is -1.96. The molecule has 7 nitrogen and oxygen atoms in total. The summed E-state index contributed by atoms with van der Waals surface area (Å²) < 4.78 is 8.94. The second-order valence-corrected chi connectivity index (χ2v) is 3.51. The second-order valence-electron chi connectivity index (χ2n) is 3.51. The quantitative estimate of drug-likeness (QED) is 0.632. The number of methoxy groups -OCH3 is 1. The molecule has 0 bridgehead atoms. The molecule has 0 heterocycles. The molecule has 0 saturated heterocycles. The smallest absolute Gasteiger partial charge is 0.338 e. The zero-order chi connectivity index (χ0) is 13.5. The molecule has 19 heavy (non-hydrogen) atoms. The van der Waals surface area contributed by atoms with Gasteiger partial charge in [-0.15, -0.1) is 0 Å². The van der Waals surface area contributed by atoms with Crippen molar-refractivity contribution in [2.24, 2.45) is 0 Å². The van der Waals surface area contributed by atoms with Gasteiger partial charge < -0.3 is 25.8 Å². The molecule has 0 amide bonds. The predicted molar refractivity (Wildman–Crippen MR) is 65.3 cm³/mol. The summed E-state index contributed by atoms with van der Waals surface area (Å²) in [5.74, 6) is -2.18. The van der Waals surface area contributed by atoms with Crippen LogP contribution < -0.4 is 6.15 Å². The Hall–Kier alpha value is -1.96. The maximum atomic E-state index is 11.3. The second kappa shape index (κ2) is 8.20. The van der Waals surface area contributed by atoms with Gasteiger partial charge in [0.2, 0.25) is 0 Å². The Labute approximate surface area is 110 Å². The Morgan fingerprint density at radius 3 is 2.16 bits per heavy atom. The Balaban J connectivity index is 0.00000324. The van der Waals surface area contributed by atoms with Crippen LogP contribution in [0.25, 0.3) is 0 Å². The number of rotatable bonds is 5. The molecule has 1 rings (SSSR count). The number of hydrogen-bond donors (Lipinski definition) is 3. The molecule has 0 radical (unpaired) electrons. The third-order valence-corrected chi connectivity index (χ3v) is 2.21. The number of hydrogen-bond acceptors (Lipinski definition) is 7. The van der Waals surface area contributed by atoms with Crippen molar-refractivity contribution in [1.29, 1.82) is 0 Å². The first kappa shape index (κ1) is 17.0. The van der Waals surface area contributed by atoms with Gasteiger partial charge in [-0.2, -0.15) is 0 Å². The van der Waals surface area contributed by atoms with E-state index in [1.165, 1.54) is 0 Å². The molecule has 0 spiro atoms. The fourth-order valence-corrected chi connectivity index (χ4v) is 1.19. The van der Waals surface area contributed by atoms with Crippen LogP contribution in [0.5, 0.6) is 0 Å². The minimum Gasteiger partial charge on any atom is -0.467 e. The summed E-state index contributed by atoms with van der Waals surface area (Å²) >= 11 is 0. The van der Waals surface area contributed by atoms with Crippen LogP contribution in [-0.4, -0.2) is 41.5 Å². The zero-order valence-corrected chi connectivity index (χ0v) is 10.5. The van der Waals surface area contributed by atoms with E-state index < -0.39 is 24.1 Å². The molecule has 0 aromatic heterocycles. The Bertz CT molecular complexity index is 408. The van der Waals surface area contributed by atoms with E-state index in [-0.39, 0.29) is 12.8 Å². The van der Waals surface area contributed by atoms with E-state index in [0.29, 0.717) is 0 Å². The Morgan fingerprint density at radius 2 is 1.63 bits per heavy atom. The number of benzene rings is 1. The van der Waals surface area contributed by atoms with Gasteiger partial charge in [-0.3, -0.25) is 0 Å². The number of carbonyl (C=O) groups excluding carboxylic acids is 2. The molecule has 106 valence electrons. The number of aliphatic hydroxyl groups excluding tert-OH is 2. The lowest BCUT2D eigenvalue weighted by Gasteiger charge is -2.14. The van der Waals surface area contributed by atoms with Gasteiger partial charge in [-0.05, 0) is 5.56 Å². The molecule has 0 saturated carbocycles. The van der Waals surface area contributed by atoms with E-state index in [1.54, 1.807) is 30.3 Å². The summed E-state index contributed by atoms with van der Waals surface area (Å²) in [6.07, 6.45) is -3.90. The van der Waals surface area contributed by atoms with E-state index in [1.807, 2.05) is 0 Å². The Kier molecular flexibility index (Phi) is 7.35. The summed E-state index contributed by atoms with van der Waals surface area (Å²) in [5, 5.41) is 18.6. The summed E-state index contributed by atoms with van der Waals surface area (Å²) in [4.78, 5) is 22.2. The Morgan fingerprint density at radius 1 is 1.11 bits per heavy atom. The molecule has 1 aromatic rings. The van der Waals surface area contributed by atoms with Crippen LogP contribution in [0.1, 0.15) is 5.56 Å². The molecule has 0 aliphatic rings. The molecule has 0 aliphatic carbocycles. The number of aliphatic hydroxyl groups is 2. The van der Waals surface area contributed by atoms with Crippen LogP contribution in [0.15, 0.2) is 30.3 Å². The molecule has 0 aliphatic heterocycles. The highest BCUT2D eigenvalue weighted by molar-refractivity contribution is 5.85. The van der Waals surface area contributed by atoms with Crippen molar-refractivity contribution in [2.75, 3.05) is 7.11 Å². The summed E-state index contributed by atoms with van der Waals surface area (Å²) in [6.45, 7) is -0.0510. The van der Waals surface area contributed by atoms with Crippen LogP contribution in [0.3, 0.4) is 0 Å². The topological polar surface area (TPSA) is 128 Å². The van der Waals surface area contributed by atoms with E-state index >= 15 is 0 Å². The maximum Gasteiger partial charge on any atom is 0.338 e. The van der Waals surface area contributed by atoms with E-state index in [9.17, 15) is 19.8 Å². The SMILES string of the molecule is COC(=O)C(O)C(O)C(=O)OCc1ccccc1.N. The first-order valence-electron chi connectivity index (χ1n) is 5.20. The van der Waals surface area contributed by atoms with Crippen LogP contribution >= 0.6 is 0 Å². The molecule has 5 N–H and O–H groups in total. The number of carbonyl (C=O) groups is 2. The van der Waals surface area contributed by atoms with Crippen molar-refractivity contribution < 1.29 is 29.3 Å². The third kappa shape index (κ3) is 5.04. The summed E-state index contributed by atoms with van der Waals surface area (Å²) in [5.41, 5.74) is 0.727. The molecular formula is C12H17NO6. The number of ether oxygens (including phenoxy) is 2. The van der Waals surface area contributed by atoms with Crippen molar-refractivity contribution in [1.82, 2.24) is 6.15 Å². The zero-order valence-electron chi connectivity index (χ0n) is 10.5. The van der Waals surface area contributed by atoms with Crippen LogP contribution in [-0.2, 0) is 25.7 Å². The first-order chi connectivity index (χ1) is 8.56. The average Bonchev–Trinajstić information content (AvgIpc) is 2.43. The fourth-order valence-electron chi connectivity index (χ4n) is 1.19. The first-order valence-corrected chi connectivity index (χ1v) is 5.20. The standard InChI is InChI=1S/C12H14O6.H3N/c1-17-11(15)9(13)10(14)12(16)18-7-8-5-3-2-4-6-8;/h2-6,9-10,13-14H,7H2,1H3;1H3. The largest absolute Gasteiger partial charge is 0.467 e. The van der Waals surface area contributed by atoms with E-state index in [0.717, 1.165) is 12.7 Å². The lowest BCUT2D eigenvalue weighted by atomic mass is 10.2. The number of esters is 2. The van der Waals surface area contributed by atoms with Crippen molar-refractivity contribution in [3.05, 3.63) is 35.9 Å². The van der Waals surface area contributed by atoms with Crippen LogP contribution in [0.2, 0.25) is 0 Å². The van der Waals surface area contributed by atoms with Crippen molar-refractivity contribution >= 4 is 11.9 Å². The molecule has 7 heteroatoms. The van der Waals surface area contributed by atoms with Crippen molar-refractivity contribution in [3.63, 3.8) is 0 Å². The average molecular weight is 271 g/mol. The highest BCUT2D eigenvalue weighted by Crippen LogP contribution is 2.04. The lowest BCUT2D eigenvalue weighted by Crippen LogP contribution is -2.41. The monoisotopic (exact) mass is 271 g/mol. The molecule has 0 fully saturated rings. The minimum absolute atomic E-state index is 0. The van der Waals surface area contributed by atoms with Crippen LogP contribution in [0.4, 0.5) is 0 Å². The highest BCUT2D eigenvalue weighted by atomic mass is 16.6. The summed E-state index contributed by atoms with van der Waals surface area (Å²) in [7, 11) is 1.04. The van der Waals surface area contributed by atoms with Crippen molar-refractivity contribution in [3.8, 4) is 0 Å². The maximum absolute atomic E-state index is 11.3. The third-order valence-electron chi connectivity index (χ3n) is 2.21. The molecule has 2 atom stereocenters. The summed E-state index contributed by atoms with van der Waals surface area (Å²) in [6, 6.07) is 8.81. The molecule has 2 unspecified atom stereocenters. The lowest BCUT2D eigenvalue weighted by molar-refractivity contribution is -0.172. The van der Waals surface area contributed by atoms with Gasteiger partial charge >= 0.3 is 11.9 Å². The van der Waals surface area contributed by atoms with Gasteiger partial charge in [-0.1, -0.05) is 30.3 Å². The molecular weight excluding hydrogens is 254 g/mol. The molecule has 1 aromatic carbocycles. The predicted octanol–water partition coefficient (Wildman–Crippen LogP) is -0.213. The van der Waals surface area contributed by atoms with Gasteiger partial charge in [0.05, 0.1) is 7.11 Å².